The van der Waals surface area contributed by atoms with Gasteiger partial charge in [0.25, 0.3) is 0 Å². The van der Waals surface area contributed by atoms with Gasteiger partial charge >= 0.3 is 0 Å². The smallest absolute Gasteiger partial charge is 0.214 e. The van der Waals surface area contributed by atoms with Crippen molar-refractivity contribution in [1.29, 1.82) is 0 Å². The summed E-state index contributed by atoms with van der Waals surface area (Å²) >= 11 is 0. The van der Waals surface area contributed by atoms with Crippen LogP contribution in [0.1, 0.15) is 5.56 Å². The zero-order valence-corrected chi connectivity index (χ0v) is 7.99. The van der Waals surface area contributed by atoms with Crippen LogP contribution >= 0.6 is 0 Å². The number of nitrogens with zero attached hydrogens (tertiary/aromatic N) is 2. The topological polar surface area (TPSA) is 36.3 Å². The van der Waals surface area contributed by atoms with Crippen LogP contribution in [0.15, 0.2) is 6.20 Å². The molecule has 4 heteroatoms. The number of aromatic nitrogens is 2. The molecule has 1 aromatic rings. The number of rotatable bonds is 2. The second-order valence-corrected chi connectivity index (χ2v) is 3.45. The second-order valence-electron chi connectivity index (χ2n) is 3.45. The van der Waals surface area contributed by atoms with Gasteiger partial charge in [0.2, 0.25) is 5.88 Å². The van der Waals surface area contributed by atoms with Gasteiger partial charge in [0.15, 0.2) is 0 Å². The third-order valence-corrected chi connectivity index (χ3v) is 2.25. The Hall–Kier alpha value is -1.03. The summed E-state index contributed by atoms with van der Waals surface area (Å²) in [5.74, 6) is 1.34. The van der Waals surface area contributed by atoms with Gasteiger partial charge in [0.1, 0.15) is 0 Å². The Morgan fingerprint density at radius 1 is 1.77 bits per heavy atom. The molecule has 0 aromatic carbocycles. The fourth-order valence-electron chi connectivity index (χ4n) is 1.62. The van der Waals surface area contributed by atoms with Crippen LogP contribution in [0.4, 0.5) is 0 Å². The third-order valence-electron chi connectivity index (χ3n) is 2.25. The molecule has 0 spiro atoms. The van der Waals surface area contributed by atoms with E-state index in [0.29, 0.717) is 5.92 Å². The maximum atomic E-state index is 5.58. The van der Waals surface area contributed by atoms with Crippen molar-refractivity contribution in [2.75, 3.05) is 20.3 Å². The highest BCUT2D eigenvalue weighted by Crippen LogP contribution is 2.23. The quantitative estimate of drug-likeness (QED) is 0.680. The molecule has 0 amide bonds. The molecule has 1 atom stereocenters. The summed E-state index contributed by atoms with van der Waals surface area (Å²) in [5, 5.41) is 4.22. The number of ether oxygens (including phenoxy) is 2. The molecule has 1 unspecified atom stereocenters. The molecule has 0 fully saturated rings. The summed E-state index contributed by atoms with van der Waals surface area (Å²) in [6.07, 6.45) is 1.84. The van der Waals surface area contributed by atoms with Crippen molar-refractivity contribution in [3.8, 4) is 5.88 Å². The van der Waals surface area contributed by atoms with E-state index in [1.165, 1.54) is 0 Å². The lowest BCUT2D eigenvalue weighted by Crippen LogP contribution is -2.29. The molecule has 0 N–H and O–H groups in total. The minimum absolute atomic E-state index is 0.428. The zero-order valence-electron chi connectivity index (χ0n) is 7.99. The van der Waals surface area contributed by atoms with Crippen LogP contribution < -0.4 is 4.74 Å². The lowest BCUT2D eigenvalue weighted by Gasteiger charge is -2.23. The first-order chi connectivity index (χ1) is 6.31. The van der Waals surface area contributed by atoms with Gasteiger partial charge in [-0.3, -0.25) is 0 Å². The van der Waals surface area contributed by atoms with Crippen molar-refractivity contribution in [2.45, 2.75) is 13.5 Å². The molecule has 0 bridgehead atoms. The molecule has 0 saturated carbocycles. The summed E-state index contributed by atoms with van der Waals surface area (Å²) in [6.45, 7) is 4.38. The molecule has 2 heterocycles. The van der Waals surface area contributed by atoms with Crippen molar-refractivity contribution in [2.24, 2.45) is 5.92 Å². The van der Waals surface area contributed by atoms with E-state index in [9.17, 15) is 0 Å². The van der Waals surface area contributed by atoms with Crippen molar-refractivity contribution >= 4 is 0 Å². The summed E-state index contributed by atoms with van der Waals surface area (Å²) in [7, 11) is 1.71. The molecule has 4 nitrogen and oxygen atoms in total. The highest BCUT2D eigenvalue weighted by atomic mass is 16.5. The predicted octanol–water partition coefficient (Wildman–Crippen LogP) is 0.847. The minimum Gasteiger partial charge on any atom is -0.477 e. The van der Waals surface area contributed by atoms with Gasteiger partial charge in [0.05, 0.1) is 26.0 Å². The van der Waals surface area contributed by atoms with Gasteiger partial charge < -0.3 is 9.47 Å². The minimum atomic E-state index is 0.428. The number of hydrogen-bond acceptors (Lipinski definition) is 3. The molecular weight excluding hydrogens is 168 g/mol. The SMILES string of the molecule is COCC1COc2c(C)cnn2C1. The molecular formula is C9H14N2O2. The number of hydrogen-bond donors (Lipinski definition) is 0. The van der Waals surface area contributed by atoms with Gasteiger partial charge in [-0.2, -0.15) is 5.10 Å². The maximum absolute atomic E-state index is 5.58. The Kier molecular flexibility index (Phi) is 2.22. The Bertz CT molecular complexity index is 296. The maximum Gasteiger partial charge on any atom is 0.214 e. The Balaban J connectivity index is 2.11. The zero-order chi connectivity index (χ0) is 9.26. The van der Waals surface area contributed by atoms with E-state index in [2.05, 4.69) is 5.10 Å². The van der Waals surface area contributed by atoms with E-state index in [1.807, 2.05) is 17.8 Å². The van der Waals surface area contributed by atoms with Crippen molar-refractivity contribution in [3.05, 3.63) is 11.8 Å². The number of fused-ring (bicyclic) bond motifs is 1. The van der Waals surface area contributed by atoms with Crippen LogP contribution in [-0.2, 0) is 11.3 Å². The lowest BCUT2D eigenvalue weighted by atomic mass is 10.1. The molecule has 0 aliphatic carbocycles. The molecule has 1 aliphatic rings. The summed E-state index contributed by atoms with van der Waals surface area (Å²) in [6, 6.07) is 0. The molecule has 1 aromatic heterocycles. The van der Waals surface area contributed by atoms with E-state index in [0.717, 1.165) is 31.2 Å². The van der Waals surface area contributed by atoms with Crippen molar-refractivity contribution < 1.29 is 9.47 Å². The van der Waals surface area contributed by atoms with E-state index >= 15 is 0 Å². The highest BCUT2D eigenvalue weighted by molar-refractivity contribution is 5.23. The van der Waals surface area contributed by atoms with Crippen LogP contribution in [0.3, 0.4) is 0 Å². The molecule has 0 saturated heterocycles. The fraction of sp³-hybridized carbons (Fsp3) is 0.667. The fourth-order valence-corrected chi connectivity index (χ4v) is 1.62. The first-order valence-electron chi connectivity index (χ1n) is 4.45. The van der Waals surface area contributed by atoms with Crippen LogP contribution in [-0.4, -0.2) is 30.1 Å². The van der Waals surface area contributed by atoms with E-state index in [-0.39, 0.29) is 0 Å². The van der Waals surface area contributed by atoms with Gasteiger partial charge in [-0.25, -0.2) is 4.68 Å². The molecule has 13 heavy (non-hydrogen) atoms. The van der Waals surface area contributed by atoms with E-state index < -0.39 is 0 Å². The average molecular weight is 182 g/mol. The van der Waals surface area contributed by atoms with E-state index in [4.69, 9.17) is 9.47 Å². The van der Waals surface area contributed by atoms with Crippen molar-refractivity contribution in [3.63, 3.8) is 0 Å². The predicted molar refractivity (Wildman–Crippen MR) is 47.8 cm³/mol. The van der Waals surface area contributed by atoms with Crippen LogP contribution in [0, 0.1) is 12.8 Å². The number of aryl methyl sites for hydroxylation is 1. The molecule has 72 valence electrons. The lowest BCUT2D eigenvalue weighted by molar-refractivity contribution is 0.0793. The van der Waals surface area contributed by atoms with Gasteiger partial charge in [0, 0.05) is 18.6 Å². The molecule has 1 aliphatic heterocycles. The van der Waals surface area contributed by atoms with Crippen LogP contribution in [0.5, 0.6) is 5.88 Å². The highest BCUT2D eigenvalue weighted by Gasteiger charge is 2.21. The van der Waals surface area contributed by atoms with Gasteiger partial charge in [-0.15, -0.1) is 0 Å². The largest absolute Gasteiger partial charge is 0.477 e. The summed E-state index contributed by atoms with van der Waals surface area (Å²) in [4.78, 5) is 0. The number of methoxy groups -OCH3 is 1. The summed E-state index contributed by atoms with van der Waals surface area (Å²) in [5.41, 5.74) is 1.11. The van der Waals surface area contributed by atoms with Gasteiger partial charge in [-0.05, 0) is 6.92 Å². The van der Waals surface area contributed by atoms with Crippen molar-refractivity contribution in [1.82, 2.24) is 9.78 Å². The first kappa shape index (κ1) is 8.56. The monoisotopic (exact) mass is 182 g/mol. The standard InChI is InChI=1S/C9H14N2O2/c1-7-3-10-11-4-8(5-12-2)6-13-9(7)11/h3,8H,4-6H2,1-2H3. The Morgan fingerprint density at radius 3 is 3.38 bits per heavy atom. The van der Waals surface area contributed by atoms with Crippen LogP contribution in [0.25, 0.3) is 0 Å². The Labute approximate surface area is 77.4 Å². The average Bonchev–Trinajstić information content (AvgIpc) is 2.48. The normalized spacial score (nSPS) is 20.9. The Morgan fingerprint density at radius 2 is 2.62 bits per heavy atom. The van der Waals surface area contributed by atoms with Crippen LogP contribution in [0.2, 0.25) is 0 Å². The van der Waals surface area contributed by atoms with Gasteiger partial charge in [-0.1, -0.05) is 0 Å². The molecule has 0 radical (unpaired) electrons. The van der Waals surface area contributed by atoms with E-state index in [1.54, 1.807) is 7.11 Å². The second kappa shape index (κ2) is 3.38. The summed E-state index contributed by atoms with van der Waals surface area (Å²) < 4.78 is 12.6. The third kappa shape index (κ3) is 1.54. The first-order valence-corrected chi connectivity index (χ1v) is 4.45. The molecule has 2 rings (SSSR count).